The fourth-order valence-corrected chi connectivity index (χ4v) is 3.65. The monoisotopic (exact) mass is 419 g/mol. The number of benzene rings is 2. The first kappa shape index (κ1) is 20.6. The van der Waals surface area contributed by atoms with Gasteiger partial charge in [-0.2, -0.15) is 0 Å². The number of fused-ring (bicyclic) bond motifs is 1. The Morgan fingerprint density at radius 3 is 2.75 bits per heavy atom. The number of anilines is 1. The molecule has 0 aromatic heterocycles. The molecule has 5 nitrogen and oxygen atoms in total. The first-order valence-corrected chi connectivity index (χ1v) is 9.97. The molecule has 0 unspecified atom stereocenters. The van der Waals surface area contributed by atoms with Crippen molar-refractivity contribution < 1.29 is 9.59 Å². The van der Waals surface area contributed by atoms with Gasteiger partial charge >= 0.3 is 0 Å². The Kier molecular flexibility index (Phi) is 6.60. The van der Waals surface area contributed by atoms with Gasteiger partial charge in [-0.1, -0.05) is 41.4 Å². The minimum absolute atomic E-state index is 0.155. The lowest BCUT2D eigenvalue weighted by atomic mass is 10.1. The van der Waals surface area contributed by atoms with Crippen LogP contribution in [0, 0.1) is 0 Å². The van der Waals surface area contributed by atoms with E-state index in [-0.39, 0.29) is 24.4 Å². The Morgan fingerprint density at radius 2 is 2.00 bits per heavy atom. The summed E-state index contributed by atoms with van der Waals surface area (Å²) in [7, 11) is 1.71. The lowest BCUT2D eigenvalue weighted by Crippen LogP contribution is -2.52. The Labute approximate surface area is 175 Å². The van der Waals surface area contributed by atoms with Crippen LogP contribution in [0.2, 0.25) is 10.0 Å². The van der Waals surface area contributed by atoms with E-state index >= 15 is 0 Å². The molecule has 3 rings (SSSR count). The summed E-state index contributed by atoms with van der Waals surface area (Å²) >= 11 is 12.5. The van der Waals surface area contributed by atoms with Crippen molar-refractivity contribution in [2.45, 2.75) is 38.4 Å². The smallest absolute Gasteiger partial charge is 0.249 e. The van der Waals surface area contributed by atoms with Crippen LogP contribution >= 0.6 is 23.2 Å². The number of nitrogens with zero attached hydrogens (tertiary/aromatic N) is 1. The molecule has 2 atom stereocenters. The molecule has 0 bridgehead atoms. The second-order valence-electron chi connectivity index (χ2n) is 6.90. The molecule has 0 saturated carbocycles. The van der Waals surface area contributed by atoms with Crippen LogP contribution in [-0.2, 0) is 22.6 Å². The van der Waals surface area contributed by atoms with E-state index in [9.17, 15) is 9.59 Å². The number of carbonyl (C=O) groups is 2. The van der Waals surface area contributed by atoms with Gasteiger partial charge in [0.05, 0.1) is 12.6 Å². The summed E-state index contributed by atoms with van der Waals surface area (Å²) in [6, 6.07) is 12.0. The van der Waals surface area contributed by atoms with Crippen molar-refractivity contribution in [1.29, 1.82) is 0 Å². The topological polar surface area (TPSA) is 61.4 Å². The van der Waals surface area contributed by atoms with Crippen molar-refractivity contribution >= 4 is 40.7 Å². The van der Waals surface area contributed by atoms with Crippen LogP contribution in [0.5, 0.6) is 0 Å². The summed E-state index contributed by atoms with van der Waals surface area (Å²) in [5.41, 5.74) is 2.65. The number of hydrogen-bond acceptors (Lipinski definition) is 3. The molecule has 0 saturated heterocycles. The molecule has 2 aromatic carbocycles. The largest absolute Gasteiger partial charge is 0.343 e. The number of rotatable bonds is 5. The van der Waals surface area contributed by atoms with Crippen LogP contribution in [0.3, 0.4) is 0 Å². The van der Waals surface area contributed by atoms with E-state index in [4.69, 9.17) is 23.2 Å². The molecule has 148 valence electrons. The summed E-state index contributed by atoms with van der Waals surface area (Å²) < 4.78 is 0. The van der Waals surface area contributed by atoms with Crippen molar-refractivity contribution in [3.63, 3.8) is 0 Å². The number of carbonyl (C=O) groups excluding carboxylic acids is 2. The SMILES string of the molecule is CN[C@@H](C)C(=O)N[C@H]1CCc2ccccc2N(Cc2cc(Cl)ccc2Cl)C1=O. The van der Waals surface area contributed by atoms with Gasteiger partial charge in [-0.25, -0.2) is 0 Å². The first-order chi connectivity index (χ1) is 13.4. The summed E-state index contributed by atoms with van der Waals surface area (Å²) in [5.74, 6) is -0.356. The van der Waals surface area contributed by atoms with E-state index in [1.165, 1.54) is 0 Å². The highest BCUT2D eigenvalue weighted by Crippen LogP contribution is 2.30. The van der Waals surface area contributed by atoms with E-state index in [0.717, 1.165) is 16.8 Å². The first-order valence-electron chi connectivity index (χ1n) is 9.21. The lowest BCUT2D eigenvalue weighted by molar-refractivity contribution is -0.128. The molecule has 2 amide bonds. The van der Waals surface area contributed by atoms with Crippen LogP contribution < -0.4 is 15.5 Å². The molecule has 28 heavy (non-hydrogen) atoms. The molecule has 0 radical (unpaired) electrons. The molecule has 7 heteroatoms. The van der Waals surface area contributed by atoms with Crippen molar-refractivity contribution in [1.82, 2.24) is 10.6 Å². The standard InChI is InChI=1S/C21H23Cl2N3O2/c1-13(24-2)20(27)25-18-10-7-14-5-3-4-6-19(14)26(21(18)28)12-15-11-16(22)8-9-17(15)23/h3-6,8-9,11,13,18,24H,7,10,12H2,1-2H3,(H,25,27)/t13-,18-/m0/s1. The highest BCUT2D eigenvalue weighted by atomic mass is 35.5. The predicted octanol–water partition coefficient (Wildman–Crippen LogP) is 3.57. The summed E-state index contributed by atoms with van der Waals surface area (Å²) in [4.78, 5) is 27.4. The highest BCUT2D eigenvalue weighted by Gasteiger charge is 2.32. The normalized spacial score (nSPS) is 17.6. The Hall–Kier alpha value is -2.08. The fourth-order valence-electron chi connectivity index (χ4n) is 3.28. The second-order valence-corrected chi connectivity index (χ2v) is 7.74. The van der Waals surface area contributed by atoms with Crippen LogP contribution in [0.15, 0.2) is 42.5 Å². The quantitative estimate of drug-likeness (QED) is 0.778. The Morgan fingerprint density at radius 1 is 1.25 bits per heavy atom. The van der Waals surface area contributed by atoms with Gasteiger partial charge in [-0.15, -0.1) is 0 Å². The molecule has 1 aliphatic rings. The van der Waals surface area contributed by atoms with Crippen molar-refractivity contribution in [3.8, 4) is 0 Å². The van der Waals surface area contributed by atoms with Gasteiger partial charge in [0, 0.05) is 15.7 Å². The third-order valence-electron chi connectivity index (χ3n) is 5.03. The van der Waals surface area contributed by atoms with Gasteiger partial charge in [-0.05, 0) is 62.2 Å². The van der Waals surface area contributed by atoms with Gasteiger partial charge in [0.15, 0.2) is 0 Å². The van der Waals surface area contributed by atoms with Gasteiger partial charge < -0.3 is 15.5 Å². The Bertz CT molecular complexity index is 888. The maximum absolute atomic E-state index is 13.4. The van der Waals surface area contributed by atoms with E-state index < -0.39 is 6.04 Å². The molecule has 2 aromatic rings. The number of aryl methyl sites for hydroxylation is 1. The van der Waals surface area contributed by atoms with Gasteiger partial charge in [0.25, 0.3) is 0 Å². The zero-order valence-corrected chi connectivity index (χ0v) is 17.3. The average molecular weight is 420 g/mol. The van der Waals surface area contributed by atoms with Crippen molar-refractivity contribution in [2.24, 2.45) is 0 Å². The number of hydrogen-bond donors (Lipinski definition) is 2. The zero-order chi connectivity index (χ0) is 20.3. The summed E-state index contributed by atoms with van der Waals surface area (Å²) in [5, 5.41) is 6.88. The molecule has 2 N–H and O–H groups in total. The van der Waals surface area contributed by atoms with E-state index in [0.29, 0.717) is 22.9 Å². The maximum Gasteiger partial charge on any atom is 0.249 e. The molecule has 1 heterocycles. The third kappa shape index (κ3) is 4.49. The molecule has 0 aliphatic carbocycles. The van der Waals surface area contributed by atoms with E-state index in [1.54, 1.807) is 37.1 Å². The number of likely N-dealkylation sites (N-methyl/N-ethyl adjacent to an activating group) is 1. The van der Waals surface area contributed by atoms with Gasteiger partial charge in [-0.3, -0.25) is 9.59 Å². The van der Waals surface area contributed by atoms with Crippen molar-refractivity contribution in [2.75, 3.05) is 11.9 Å². The van der Waals surface area contributed by atoms with Crippen molar-refractivity contribution in [3.05, 3.63) is 63.6 Å². The van der Waals surface area contributed by atoms with Gasteiger partial charge in [0.2, 0.25) is 11.8 Å². The van der Waals surface area contributed by atoms with Crippen LogP contribution in [0.4, 0.5) is 5.69 Å². The lowest BCUT2D eigenvalue weighted by Gasteiger charge is -2.27. The van der Waals surface area contributed by atoms with E-state index in [2.05, 4.69) is 10.6 Å². The molecule has 0 fully saturated rings. The summed E-state index contributed by atoms with van der Waals surface area (Å²) in [6.07, 6.45) is 1.23. The van der Waals surface area contributed by atoms with Crippen LogP contribution in [0.25, 0.3) is 0 Å². The number of para-hydroxylation sites is 1. The Balaban J connectivity index is 1.94. The van der Waals surface area contributed by atoms with Crippen LogP contribution in [-0.4, -0.2) is 30.9 Å². The summed E-state index contributed by atoms with van der Waals surface area (Å²) in [6.45, 7) is 2.04. The minimum atomic E-state index is -0.603. The third-order valence-corrected chi connectivity index (χ3v) is 5.63. The average Bonchev–Trinajstić information content (AvgIpc) is 2.82. The number of amides is 2. The molecule has 1 aliphatic heterocycles. The molecule has 0 spiro atoms. The minimum Gasteiger partial charge on any atom is -0.343 e. The van der Waals surface area contributed by atoms with Gasteiger partial charge in [0.1, 0.15) is 6.04 Å². The molecular weight excluding hydrogens is 397 g/mol. The zero-order valence-electron chi connectivity index (χ0n) is 15.8. The fraction of sp³-hybridized carbons (Fsp3) is 0.333. The highest BCUT2D eigenvalue weighted by molar-refractivity contribution is 6.33. The maximum atomic E-state index is 13.4. The second kappa shape index (κ2) is 8.95. The van der Waals surface area contributed by atoms with Crippen LogP contribution in [0.1, 0.15) is 24.5 Å². The van der Waals surface area contributed by atoms with E-state index in [1.807, 2.05) is 24.3 Å². The predicted molar refractivity (Wildman–Crippen MR) is 113 cm³/mol. The molecular formula is C21H23Cl2N3O2. The number of halogens is 2. The number of nitrogens with one attached hydrogen (secondary N) is 2.